The lowest BCUT2D eigenvalue weighted by Gasteiger charge is -2.22. The Morgan fingerprint density at radius 1 is 1.35 bits per heavy atom. The summed E-state index contributed by atoms with van der Waals surface area (Å²) in [6.45, 7) is 10.5. The van der Waals surface area contributed by atoms with Crippen LogP contribution in [0, 0.1) is 12.8 Å². The molecule has 0 spiro atoms. The molecule has 1 aliphatic rings. The van der Waals surface area contributed by atoms with Crippen LogP contribution in [0.25, 0.3) is 0 Å². The molecule has 1 unspecified atom stereocenters. The van der Waals surface area contributed by atoms with E-state index in [2.05, 4.69) is 48.3 Å². The van der Waals surface area contributed by atoms with Crippen molar-refractivity contribution in [1.29, 1.82) is 0 Å². The van der Waals surface area contributed by atoms with Gasteiger partial charge in [-0.05, 0) is 36.9 Å². The van der Waals surface area contributed by atoms with Crippen molar-refractivity contribution in [1.82, 2.24) is 10.2 Å². The van der Waals surface area contributed by atoms with Gasteiger partial charge < -0.3 is 10.2 Å². The molecule has 2 nitrogen and oxygen atoms in total. The second-order valence-electron chi connectivity index (χ2n) is 5.29. The van der Waals surface area contributed by atoms with Crippen LogP contribution in [0.3, 0.4) is 0 Å². The fourth-order valence-corrected chi connectivity index (χ4v) is 2.55. The first-order valence-electron chi connectivity index (χ1n) is 6.73. The summed E-state index contributed by atoms with van der Waals surface area (Å²) >= 11 is 0. The zero-order valence-corrected chi connectivity index (χ0v) is 11.1. The van der Waals surface area contributed by atoms with E-state index in [1.54, 1.807) is 0 Å². The van der Waals surface area contributed by atoms with Gasteiger partial charge in [-0.25, -0.2) is 0 Å². The molecule has 1 fully saturated rings. The number of aryl methyl sites for hydroxylation is 1. The first-order chi connectivity index (χ1) is 8.25. The summed E-state index contributed by atoms with van der Waals surface area (Å²) in [7, 11) is 0. The highest BCUT2D eigenvalue weighted by Gasteiger charge is 2.13. The molecule has 0 aromatic heterocycles. The first kappa shape index (κ1) is 12.6. The Bertz CT molecular complexity index is 349. The third-order valence-electron chi connectivity index (χ3n) is 3.63. The van der Waals surface area contributed by atoms with Crippen molar-refractivity contribution >= 4 is 0 Å². The van der Waals surface area contributed by atoms with E-state index in [0.29, 0.717) is 0 Å². The third kappa shape index (κ3) is 3.83. The highest BCUT2D eigenvalue weighted by Crippen LogP contribution is 2.10. The topological polar surface area (TPSA) is 15.3 Å². The van der Waals surface area contributed by atoms with Crippen molar-refractivity contribution in [3.8, 4) is 0 Å². The van der Waals surface area contributed by atoms with Gasteiger partial charge >= 0.3 is 0 Å². The molecule has 0 saturated carbocycles. The summed E-state index contributed by atoms with van der Waals surface area (Å²) in [4.78, 5) is 2.59. The number of hydrogen-bond acceptors (Lipinski definition) is 2. The lowest BCUT2D eigenvalue weighted by atomic mass is 10.1. The maximum atomic E-state index is 3.49. The van der Waals surface area contributed by atoms with Gasteiger partial charge in [-0.2, -0.15) is 0 Å². The smallest absolute Gasteiger partial charge is 0.0107 e. The Morgan fingerprint density at radius 2 is 2.18 bits per heavy atom. The van der Waals surface area contributed by atoms with Gasteiger partial charge in [-0.1, -0.05) is 31.2 Å². The van der Waals surface area contributed by atoms with Gasteiger partial charge in [0.2, 0.25) is 0 Å². The van der Waals surface area contributed by atoms with Crippen LogP contribution in [0.2, 0.25) is 0 Å². The van der Waals surface area contributed by atoms with Crippen LogP contribution >= 0.6 is 0 Å². The maximum Gasteiger partial charge on any atom is 0.0107 e. The highest BCUT2D eigenvalue weighted by atomic mass is 15.2. The number of benzene rings is 1. The molecule has 0 bridgehead atoms. The summed E-state index contributed by atoms with van der Waals surface area (Å²) in [5.41, 5.74) is 2.92. The van der Waals surface area contributed by atoms with Gasteiger partial charge in [0.05, 0.1) is 0 Å². The van der Waals surface area contributed by atoms with E-state index in [1.807, 2.05) is 0 Å². The molecule has 1 heterocycles. The maximum absolute atomic E-state index is 3.49. The molecule has 1 aliphatic heterocycles. The number of nitrogens with one attached hydrogen (secondary N) is 1. The summed E-state index contributed by atoms with van der Waals surface area (Å²) in [5.74, 6) is 0.773. The highest BCUT2D eigenvalue weighted by molar-refractivity contribution is 5.25. The van der Waals surface area contributed by atoms with Gasteiger partial charge in [-0.15, -0.1) is 0 Å². The van der Waals surface area contributed by atoms with E-state index in [9.17, 15) is 0 Å². The largest absolute Gasteiger partial charge is 0.315 e. The third-order valence-corrected chi connectivity index (χ3v) is 3.63. The molecule has 0 aliphatic carbocycles. The molecule has 1 N–H and O–H groups in total. The van der Waals surface area contributed by atoms with Crippen molar-refractivity contribution in [3.63, 3.8) is 0 Å². The molecule has 1 aromatic rings. The second-order valence-corrected chi connectivity index (χ2v) is 5.29. The van der Waals surface area contributed by atoms with E-state index in [1.165, 1.54) is 43.7 Å². The lowest BCUT2D eigenvalue weighted by Crippen LogP contribution is -2.31. The monoisotopic (exact) mass is 232 g/mol. The summed E-state index contributed by atoms with van der Waals surface area (Å²) in [6, 6.07) is 8.74. The molecule has 1 atom stereocenters. The molecule has 2 rings (SSSR count). The van der Waals surface area contributed by atoms with E-state index in [-0.39, 0.29) is 0 Å². The second kappa shape index (κ2) is 6.18. The van der Waals surface area contributed by atoms with Gasteiger partial charge in [-0.3, -0.25) is 0 Å². The van der Waals surface area contributed by atoms with Crippen LogP contribution in [0.15, 0.2) is 24.3 Å². The van der Waals surface area contributed by atoms with Crippen LogP contribution < -0.4 is 5.32 Å². The quantitative estimate of drug-likeness (QED) is 0.858. The number of hydrogen-bond donors (Lipinski definition) is 1. The van der Waals surface area contributed by atoms with Crippen LogP contribution in [-0.2, 0) is 6.42 Å². The van der Waals surface area contributed by atoms with E-state index < -0.39 is 0 Å². The van der Waals surface area contributed by atoms with Crippen LogP contribution in [-0.4, -0.2) is 37.6 Å². The Hall–Kier alpha value is -0.860. The van der Waals surface area contributed by atoms with E-state index in [4.69, 9.17) is 0 Å². The Morgan fingerprint density at radius 3 is 3.00 bits per heavy atom. The Kier molecular flexibility index (Phi) is 4.57. The van der Waals surface area contributed by atoms with Crippen molar-refractivity contribution in [2.45, 2.75) is 20.3 Å². The van der Waals surface area contributed by atoms with Gasteiger partial charge in [0.15, 0.2) is 0 Å². The standard InChI is InChI=1S/C15H24N2/c1-13-11-16-8-10-17(12-13)9-7-15-6-4-3-5-14(15)2/h3-6,13,16H,7-12H2,1-2H3. The Balaban J connectivity index is 1.87. The summed E-state index contributed by atoms with van der Waals surface area (Å²) in [6.07, 6.45) is 1.18. The fourth-order valence-electron chi connectivity index (χ4n) is 2.55. The molecule has 17 heavy (non-hydrogen) atoms. The zero-order valence-electron chi connectivity index (χ0n) is 11.1. The van der Waals surface area contributed by atoms with Crippen LogP contribution in [0.4, 0.5) is 0 Å². The van der Waals surface area contributed by atoms with Gasteiger partial charge in [0.1, 0.15) is 0 Å². The molecule has 2 heteroatoms. The molecule has 1 aromatic carbocycles. The predicted molar refractivity (Wildman–Crippen MR) is 73.4 cm³/mol. The Labute approximate surface area is 105 Å². The summed E-state index contributed by atoms with van der Waals surface area (Å²) < 4.78 is 0. The predicted octanol–water partition coefficient (Wildman–Crippen LogP) is 2.08. The molecule has 1 saturated heterocycles. The number of rotatable bonds is 3. The molecule has 94 valence electrons. The van der Waals surface area contributed by atoms with Crippen molar-refractivity contribution in [2.75, 3.05) is 32.7 Å². The minimum Gasteiger partial charge on any atom is -0.315 e. The van der Waals surface area contributed by atoms with Gasteiger partial charge in [0.25, 0.3) is 0 Å². The SMILES string of the molecule is Cc1ccccc1CCN1CCNCC(C)C1. The first-order valence-corrected chi connectivity index (χ1v) is 6.73. The molecule has 0 amide bonds. The summed E-state index contributed by atoms with van der Waals surface area (Å²) in [5, 5.41) is 3.49. The van der Waals surface area contributed by atoms with E-state index >= 15 is 0 Å². The number of nitrogens with zero attached hydrogens (tertiary/aromatic N) is 1. The van der Waals surface area contributed by atoms with Crippen molar-refractivity contribution < 1.29 is 0 Å². The average Bonchev–Trinajstić information content (AvgIpc) is 2.53. The normalized spacial score (nSPS) is 22.4. The molecule has 0 radical (unpaired) electrons. The minimum absolute atomic E-state index is 0.773. The lowest BCUT2D eigenvalue weighted by molar-refractivity contribution is 0.268. The fraction of sp³-hybridized carbons (Fsp3) is 0.600. The van der Waals surface area contributed by atoms with Crippen molar-refractivity contribution in [3.05, 3.63) is 35.4 Å². The van der Waals surface area contributed by atoms with Gasteiger partial charge in [0, 0.05) is 26.2 Å². The molecular formula is C15H24N2. The van der Waals surface area contributed by atoms with Crippen LogP contribution in [0.1, 0.15) is 18.1 Å². The minimum atomic E-state index is 0.773. The molecular weight excluding hydrogens is 208 g/mol. The average molecular weight is 232 g/mol. The van der Waals surface area contributed by atoms with E-state index in [0.717, 1.165) is 12.5 Å². The van der Waals surface area contributed by atoms with Crippen LogP contribution in [0.5, 0.6) is 0 Å². The van der Waals surface area contributed by atoms with Crippen molar-refractivity contribution in [2.24, 2.45) is 5.92 Å². The zero-order chi connectivity index (χ0) is 12.1.